The molecule has 1 atom stereocenters. The van der Waals surface area contributed by atoms with Gasteiger partial charge < -0.3 is 15.0 Å². The molecule has 1 aromatic carbocycles. The zero-order valence-electron chi connectivity index (χ0n) is 12.8. The number of nitrogens with zero attached hydrogens (tertiary/aromatic N) is 1. The summed E-state index contributed by atoms with van der Waals surface area (Å²) in [4.78, 5) is 2.26. The Morgan fingerprint density at radius 1 is 1.29 bits per heavy atom. The molecule has 1 unspecified atom stereocenters. The van der Waals surface area contributed by atoms with E-state index in [1.54, 1.807) is 12.1 Å². The number of halogens is 1. The summed E-state index contributed by atoms with van der Waals surface area (Å²) in [6.07, 6.45) is 5.00. The Morgan fingerprint density at radius 2 is 2.14 bits per heavy atom. The fraction of sp³-hybridized carbons (Fsp3) is 0.647. The summed E-state index contributed by atoms with van der Waals surface area (Å²) in [6, 6.07) is 6.05. The van der Waals surface area contributed by atoms with Crippen LogP contribution in [0, 0.1) is 5.82 Å². The van der Waals surface area contributed by atoms with Crippen molar-refractivity contribution in [1.29, 1.82) is 0 Å². The third-order valence-corrected chi connectivity index (χ3v) is 4.26. The van der Waals surface area contributed by atoms with Gasteiger partial charge >= 0.3 is 0 Å². The molecule has 0 spiro atoms. The minimum atomic E-state index is -0.140. The van der Waals surface area contributed by atoms with E-state index < -0.39 is 0 Å². The van der Waals surface area contributed by atoms with Crippen LogP contribution in [-0.2, 0) is 11.3 Å². The number of benzene rings is 1. The van der Waals surface area contributed by atoms with E-state index in [1.165, 1.54) is 12.8 Å². The van der Waals surface area contributed by atoms with Gasteiger partial charge in [-0.05, 0) is 56.4 Å². The summed E-state index contributed by atoms with van der Waals surface area (Å²) < 4.78 is 19.6. The van der Waals surface area contributed by atoms with Crippen molar-refractivity contribution in [3.05, 3.63) is 29.6 Å². The van der Waals surface area contributed by atoms with Gasteiger partial charge in [0.1, 0.15) is 5.82 Å². The quantitative estimate of drug-likeness (QED) is 0.872. The molecule has 0 radical (unpaired) electrons. The summed E-state index contributed by atoms with van der Waals surface area (Å²) in [5.41, 5.74) is 2.03. The van der Waals surface area contributed by atoms with E-state index >= 15 is 0 Å². The molecule has 1 N–H and O–H groups in total. The number of anilines is 1. The van der Waals surface area contributed by atoms with Gasteiger partial charge in [-0.15, -0.1) is 0 Å². The number of rotatable bonds is 6. The van der Waals surface area contributed by atoms with Crippen LogP contribution >= 0.6 is 0 Å². The van der Waals surface area contributed by atoms with E-state index in [0.29, 0.717) is 6.04 Å². The molecule has 1 aliphatic heterocycles. The number of nitrogens with one attached hydrogen (secondary N) is 1. The SMILES string of the molecule is CCOC1CCCN(c2cc(F)cc(CNC3CC3)c2)C1. The lowest BCUT2D eigenvalue weighted by Crippen LogP contribution is -2.39. The number of hydrogen-bond donors (Lipinski definition) is 1. The number of hydrogen-bond acceptors (Lipinski definition) is 3. The van der Waals surface area contributed by atoms with Gasteiger partial charge in [-0.3, -0.25) is 0 Å². The molecular formula is C17H25FN2O. The summed E-state index contributed by atoms with van der Waals surface area (Å²) >= 11 is 0. The number of ether oxygens (including phenoxy) is 1. The second kappa shape index (κ2) is 6.75. The standard InChI is InChI=1S/C17H25FN2O/c1-2-21-17-4-3-7-20(12-17)16-9-13(8-14(18)10-16)11-19-15-5-6-15/h8-10,15,17,19H,2-7,11-12H2,1H3. The molecule has 21 heavy (non-hydrogen) atoms. The van der Waals surface area contributed by atoms with Gasteiger partial charge in [-0.25, -0.2) is 4.39 Å². The van der Waals surface area contributed by atoms with Gasteiger partial charge in [0.05, 0.1) is 6.10 Å². The maximum atomic E-state index is 13.9. The molecular weight excluding hydrogens is 267 g/mol. The third-order valence-electron chi connectivity index (χ3n) is 4.26. The van der Waals surface area contributed by atoms with Gasteiger partial charge in [0, 0.05) is 38.0 Å². The van der Waals surface area contributed by atoms with E-state index in [0.717, 1.165) is 50.3 Å². The lowest BCUT2D eigenvalue weighted by atomic mass is 10.1. The lowest BCUT2D eigenvalue weighted by Gasteiger charge is -2.34. The monoisotopic (exact) mass is 292 g/mol. The van der Waals surface area contributed by atoms with Crippen LogP contribution in [0.2, 0.25) is 0 Å². The van der Waals surface area contributed by atoms with E-state index in [1.807, 2.05) is 6.92 Å². The van der Waals surface area contributed by atoms with Crippen LogP contribution in [-0.4, -0.2) is 31.8 Å². The highest BCUT2D eigenvalue weighted by molar-refractivity contribution is 5.49. The van der Waals surface area contributed by atoms with Crippen LogP contribution in [0.5, 0.6) is 0 Å². The average Bonchev–Trinajstić information content (AvgIpc) is 3.29. The second-order valence-corrected chi connectivity index (χ2v) is 6.14. The van der Waals surface area contributed by atoms with Crippen molar-refractivity contribution < 1.29 is 9.13 Å². The zero-order valence-corrected chi connectivity index (χ0v) is 12.8. The van der Waals surface area contributed by atoms with Gasteiger partial charge in [-0.2, -0.15) is 0 Å². The minimum Gasteiger partial charge on any atom is -0.377 e. The topological polar surface area (TPSA) is 24.5 Å². The zero-order chi connectivity index (χ0) is 14.7. The van der Waals surface area contributed by atoms with E-state index in [4.69, 9.17) is 4.74 Å². The van der Waals surface area contributed by atoms with E-state index in [9.17, 15) is 4.39 Å². The van der Waals surface area contributed by atoms with Gasteiger partial charge in [-0.1, -0.05) is 0 Å². The highest BCUT2D eigenvalue weighted by Gasteiger charge is 2.22. The van der Waals surface area contributed by atoms with Crippen molar-refractivity contribution in [1.82, 2.24) is 5.32 Å². The van der Waals surface area contributed by atoms with E-state index in [2.05, 4.69) is 16.3 Å². The summed E-state index contributed by atoms with van der Waals surface area (Å²) in [6.45, 7) is 5.40. The van der Waals surface area contributed by atoms with Crippen molar-refractivity contribution in [3.63, 3.8) is 0 Å². The molecule has 3 nitrogen and oxygen atoms in total. The Kier molecular flexibility index (Phi) is 4.76. The largest absolute Gasteiger partial charge is 0.377 e. The molecule has 1 saturated heterocycles. The molecule has 0 bridgehead atoms. The predicted molar refractivity (Wildman–Crippen MR) is 83.1 cm³/mol. The predicted octanol–water partition coefficient (Wildman–Crippen LogP) is 3.08. The summed E-state index contributed by atoms with van der Waals surface area (Å²) in [5.74, 6) is -0.140. The van der Waals surface area contributed by atoms with Crippen molar-refractivity contribution in [3.8, 4) is 0 Å². The minimum absolute atomic E-state index is 0.140. The molecule has 4 heteroatoms. The highest BCUT2D eigenvalue weighted by atomic mass is 19.1. The molecule has 0 aromatic heterocycles. The smallest absolute Gasteiger partial charge is 0.125 e. The first-order valence-corrected chi connectivity index (χ1v) is 8.14. The first-order chi connectivity index (χ1) is 10.2. The molecule has 3 rings (SSSR count). The maximum absolute atomic E-state index is 13.9. The first kappa shape index (κ1) is 14.8. The van der Waals surface area contributed by atoms with Crippen molar-refractivity contribution >= 4 is 5.69 Å². The molecule has 116 valence electrons. The number of piperidine rings is 1. The fourth-order valence-electron chi connectivity index (χ4n) is 3.01. The van der Waals surface area contributed by atoms with Crippen LogP contribution in [0.25, 0.3) is 0 Å². The average molecular weight is 292 g/mol. The Morgan fingerprint density at radius 3 is 2.90 bits per heavy atom. The van der Waals surface area contributed by atoms with Crippen molar-refractivity contribution in [2.45, 2.75) is 51.3 Å². The van der Waals surface area contributed by atoms with Crippen molar-refractivity contribution in [2.24, 2.45) is 0 Å². The van der Waals surface area contributed by atoms with E-state index in [-0.39, 0.29) is 11.9 Å². The Balaban J connectivity index is 1.67. The molecule has 2 aliphatic rings. The molecule has 2 fully saturated rings. The molecule has 0 amide bonds. The first-order valence-electron chi connectivity index (χ1n) is 8.14. The van der Waals surface area contributed by atoms with Gasteiger partial charge in [0.15, 0.2) is 0 Å². The molecule has 1 saturated carbocycles. The van der Waals surface area contributed by atoms with Crippen LogP contribution in [0.4, 0.5) is 10.1 Å². The van der Waals surface area contributed by atoms with Crippen LogP contribution in [0.3, 0.4) is 0 Å². The second-order valence-electron chi connectivity index (χ2n) is 6.14. The third kappa shape index (κ3) is 4.17. The molecule has 1 heterocycles. The van der Waals surface area contributed by atoms with Crippen LogP contribution in [0.15, 0.2) is 18.2 Å². The molecule has 1 aliphatic carbocycles. The van der Waals surface area contributed by atoms with Gasteiger partial charge in [0.25, 0.3) is 0 Å². The van der Waals surface area contributed by atoms with Crippen molar-refractivity contribution in [2.75, 3.05) is 24.6 Å². The fourth-order valence-corrected chi connectivity index (χ4v) is 3.01. The Bertz CT molecular complexity index is 474. The van der Waals surface area contributed by atoms with Crippen LogP contribution < -0.4 is 10.2 Å². The van der Waals surface area contributed by atoms with Crippen LogP contribution in [0.1, 0.15) is 38.2 Å². The normalized spacial score (nSPS) is 22.6. The maximum Gasteiger partial charge on any atom is 0.125 e. The summed E-state index contributed by atoms with van der Waals surface area (Å²) in [5, 5.41) is 3.45. The highest BCUT2D eigenvalue weighted by Crippen LogP contribution is 2.25. The Labute approximate surface area is 126 Å². The molecule has 1 aromatic rings. The Hall–Kier alpha value is -1.13. The van der Waals surface area contributed by atoms with Gasteiger partial charge in [0.2, 0.25) is 0 Å². The summed E-state index contributed by atoms with van der Waals surface area (Å²) in [7, 11) is 0. The lowest BCUT2D eigenvalue weighted by molar-refractivity contribution is 0.0526.